The third-order valence-electron chi connectivity index (χ3n) is 16.7. The lowest BCUT2D eigenvalue weighted by Crippen LogP contribution is -2.55. The van der Waals surface area contributed by atoms with Crippen LogP contribution in [0.1, 0.15) is 127 Å². The van der Waals surface area contributed by atoms with Gasteiger partial charge >= 0.3 is 12.2 Å². The van der Waals surface area contributed by atoms with Gasteiger partial charge in [0.2, 0.25) is 29.3 Å². The van der Waals surface area contributed by atoms with Crippen molar-refractivity contribution in [3.63, 3.8) is 0 Å². The number of aliphatic hydroxyl groups is 1. The number of hydrogen-bond acceptors (Lipinski definition) is 22. The Hall–Kier alpha value is -8.38. The van der Waals surface area contributed by atoms with E-state index in [2.05, 4.69) is 26.2 Å². The van der Waals surface area contributed by atoms with Gasteiger partial charge in [-0.3, -0.25) is 48.2 Å². The number of phenols is 2. The van der Waals surface area contributed by atoms with Gasteiger partial charge in [-0.15, -0.1) is 0 Å². The molecular formula is C61H73N7O21. The van der Waals surface area contributed by atoms with E-state index in [4.69, 9.17) is 43.6 Å². The molecule has 0 bridgehead atoms. The number of nitrogens with one attached hydrogen (secondary N) is 4. The largest absolute Gasteiger partial charge is 0.509 e. The number of amides is 7. The quantitative estimate of drug-likeness (QED) is 0.0204. The molecule has 0 saturated carbocycles. The van der Waals surface area contributed by atoms with E-state index < -0.39 is 157 Å². The first kappa shape index (κ1) is 65.1. The number of benzene rings is 3. The van der Waals surface area contributed by atoms with Gasteiger partial charge in [-0.1, -0.05) is 44.5 Å². The van der Waals surface area contributed by atoms with Crippen molar-refractivity contribution < 1.29 is 101 Å². The summed E-state index contributed by atoms with van der Waals surface area (Å²) in [6, 6.07) is 7.03. The number of nitrogens with two attached hydrogens (primary N) is 1. The fraction of sp³-hybridized carbons (Fsp3) is 0.508. The second-order valence-corrected chi connectivity index (χ2v) is 22.9. The zero-order chi connectivity index (χ0) is 64.0. The summed E-state index contributed by atoms with van der Waals surface area (Å²) < 4.78 is 46.5. The highest BCUT2D eigenvalue weighted by molar-refractivity contribution is 6.31. The van der Waals surface area contributed by atoms with Gasteiger partial charge in [-0.05, 0) is 62.3 Å². The maximum atomic E-state index is 14.3. The van der Waals surface area contributed by atoms with Gasteiger partial charge in [-0.25, -0.2) is 9.59 Å². The number of nitrogens with zero attached hydrogens (tertiary/aromatic N) is 2. The minimum absolute atomic E-state index is 0.0427. The first-order valence-corrected chi connectivity index (χ1v) is 29.4. The number of hydrogen-bond donors (Lipinski definition) is 8. The summed E-state index contributed by atoms with van der Waals surface area (Å²) in [6.45, 7) is 4.90. The number of anilines is 1. The molecule has 4 aliphatic heterocycles. The molecule has 9 N–H and O–H groups in total. The lowest BCUT2D eigenvalue weighted by atomic mass is 9.72. The molecule has 4 heterocycles. The van der Waals surface area contributed by atoms with Crippen molar-refractivity contribution in [1.82, 2.24) is 25.8 Å². The first-order chi connectivity index (χ1) is 42.5. The molecule has 3 saturated heterocycles. The number of fused-ring (bicyclic) bond motifs is 6. The zero-order valence-corrected chi connectivity index (χ0v) is 49.7. The third kappa shape index (κ3) is 14.2. The number of urea groups is 1. The van der Waals surface area contributed by atoms with Crippen LogP contribution in [0.3, 0.4) is 0 Å². The van der Waals surface area contributed by atoms with Crippen LogP contribution in [0.15, 0.2) is 54.6 Å². The van der Waals surface area contributed by atoms with Crippen LogP contribution in [0.25, 0.3) is 0 Å². The van der Waals surface area contributed by atoms with Gasteiger partial charge < -0.3 is 80.2 Å². The number of phenolic OH excluding ortho intramolecular Hbond substituents is 2. The van der Waals surface area contributed by atoms with Crippen LogP contribution < -0.4 is 31.7 Å². The number of ether oxygens (including phenoxy) is 8. The SMILES string of the molecule is COc1cccc2c1C(=O)c1c(O)c3c(c(O)c1C2=O)C[C@@](O)(C(=O)COC(=O)OCc1ccc(NC(=O)[C@@H](CCCNC(N)=O)NC(=O)[C@H](NC(=O)CCCCCN2C(=O)C=CC2=O)C(C)C)cc1)C[C@@H]3O[C@H]1C[C@H]2[C@H](O[C@@H]3[C@@H](OC)OCCN32)[C@H](C)O1. The van der Waals surface area contributed by atoms with Gasteiger partial charge in [0.1, 0.15) is 47.6 Å². The molecule has 0 aromatic heterocycles. The van der Waals surface area contributed by atoms with E-state index in [-0.39, 0.29) is 90.3 Å². The Labute approximate surface area is 510 Å². The molecule has 0 unspecified atom stereocenters. The topological polar surface area (TPSA) is 386 Å². The number of carbonyl (C=O) groups excluding carboxylic acids is 10. The number of primary amides is 1. The predicted octanol–water partition coefficient (Wildman–Crippen LogP) is 2.57. The number of imide groups is 1. The fourth-order valence-electron chi connectivity index (χ4n) is 12.1. The fourth-order valence-corrected chi connectivity index (χ4v) is 12.1. The van der Waals surface area contributed by atoms with Gasteiger partial charge in [0, 0.05) is 93.0 Å². The van der Waals surface area contributed by atoms with Crippen LogP contribution in [-0.4, -0.2) is 186 Å². The van der Waals surface area contributed by atoms with Crippen molar-refractivity contribution in [3.05, 3.63) is 93.6 Å². The molecule has 89 heavy (non-hydrogen) atoms. The molecule has 28 nitrogen and oxygen atoms in total. The van der Waals surface area contributed by atoms with E-state index in [9.17, 15) is 63.3 Å². The molecule has 3 fully saturated rings. The number of unbranched alkanes of at least 4 members (excludes halogenated alkanes) is 2. The van der Waals surface area contributed by atoms with Crippen LogP contribution in [0.5, 0.6) is 17.2 Å². The number of methoxy groups -OCH3 is 2. The summed E-state index contributed by atoms with van der Waals surface area (Å²) in [5.41, 5.74) is 1.55. The molecule has 0 radical (unpaired) electrons. The molecule has 478 valence electrons. The lowest BCUT2D eigenvalue weighted by Gasteiger charge is -2.43. The summed E-state index contributed by atoms with van der Waals surface area (Å²) in [7, 11) is 2.81. The monoisotopic (exact) mass is 1240 g/mol. The van der Waals surface area contributed by atoms with Crippen LogP contribution in [0.2, 0.25) is 0 Å². The molecule has 6 aliphatic rings. The highest BCUT2D eigenvalue weighted by atomic mass is 16.7. The lowest BCUT2D eigenvalue weighted by molar-refractivity contribution is -0.256. The van der Waals surface area contributed by atoms with E-state index in [0.29, 0.717) is 38.0 Å². The average Bonchev–Trinajstić information content (AvgIpc) is 1.30. The molecule has 10 atom stereocenters. The second-order valence-electron chi connectivity index (χ2n) is 22.9. The van der Waals surface area contributed by atoms with E-state index >= 15 is 0 Å². The second kappa shape index (κ2) is 28.0. The minimum Gasteiger partial charge on any atom is -0.507 e. The van der Waals surface area contributed by atoms with Crippen molar-refractivity contribution in [2.75, 3.05) is 52.4 Å². The van der Waals surface area contributed by atoms with Crippen LogP contribution in [-0.2, 0) is 75.0 Å². The van der Waals surface area contributed by atoms with Crippen molar-refractivity contribution in [1.29, 1.82) is 0 Å². The van der Waals surface area contributed by atoms with Crippen LogP contribution in [0.4, 0.5) is 15.3 Å². The van der Waals surface area contributed by atoms with Crippen molar-refractivity contribution in [3.8, 4) is 17.2 Å². The van der Waals surface area contributed by atoms with Gasteiger partial charge in [0.15, 0.2) is 31.2 Å². The zero-order valence-electron chi connectivity index (χ0n) is 49.7. The molecule has 3 aromatic carbocycles. The molecule has 3 aromatic rings. The molecule has 7 amide bonds. The highest BCUT2D eigenvalue weighted by Crippen LogP contribution is 2.53. The Morgan fingerprint density at radius 1 is 0.854 bits per heavy atom. The van der Waals surface area contributed by atoms with Crippen molar-refractivity contribution >= 4 is 64.8 Å². The highest BCUT2D eigenvalue weighted by Gasteiger charge is 2.55. The number of Topliss-reactive ketones (excluding diaryl/α,β-unsaturated/α-hetero) is 1. The number of rotatable bonds is 25. The molecule has 28 heteroatoms. The molecule has 0 spiro atoms. The summed E-state index contributed by atoms with van der Waals surface area (Å²) in [4.78, 5) is 134. The Morgan fingerprint density at radius 3 is 2.28 bits per heavy atom. The van der Waals surface area contributed by atoms with Gasteiger partial charge in [-0.2, -0.15) is 0 Å². The standard InChI is InChI=1S/C61H73N7O21/c1-30(2)49(66-41(70)14-7-6-8-22-68-42(71)19-20-43(68)72)56(78)65-36(12-10-21-63-59(62)79)55(77)64-33-17-15-32(16-18-33)28-85-60(80)86-29-40(69)61(81)26-35-46(53(76)48-47(51(35)74)50(73)34-11-9-13-38(82-4)45(34)52(48)75)39(27-61)88-44-25-37-54(31(3)87-44)89-57-58(83-5)84-24-23-67(37)57/h9,11,13,15-20,30-31,36-37,39,44,49,54,57-58,74,76,81H,6-8,10,12,14,21-29H2,1-5H3,(H,64,77)(H,65,78)(H,66,70)(H3,62,63,79)/t31-,36+,37-,39-,44-,49+,54+,57+,58-,61-/m0/s1. The number of ketones is 3. The van der Waals surface area contributed by atoms with Crippen LogP contribution >= 0.6 is 0 Å². The van der Waals surface area contributed by atoms with Gasteiger partial charge in [0.05, 0.1) is 42.6 Å². The summed E-state index contributed by atoms with van der Waals surface area (Å²) >= 11 is 0. The molecular weight excluding hydrogens is 1170 g/mol. The summed E-state index contributed by atoms with van der Waals surface area (Å²) in [5.74, 6) is -7.10. The Morgan fingerprint density at radius 2 is 1.58 bits per heavy atom. The first-order valence-electron chi connectivity index (χ1n) is 29.4. The summed E-state index contributed by atoms with van der Waals surface area (Å²) in [6.07, 6.45) is -3.20. The normalized spacial score (nSPS) is 24.1. The number of morpholine rings is 1. The van der Waals surface area contributed by atoms with E-state index in [1.54, 1.807) is 20.8 Å². The van der Waals surface area contributed by atoms with Crippen LogP contribution in [0, 0.1) is 5.92 Å². The van der Waals surface area contributed by atoms with E-state index in [1.165, 1.54) is 68.8 Å². The Bertz CT molecular complexity index is 3280. The van der Waals surface area contributed by atoms with Crippen molar-refractivity contribution in [2.24, 2.45) is 11.7 Å². The number of carbonyl (C=O) groups is 10. The minimum atomic E-state index is -2.50. The van der Waals surface area contributed by atoms with E-state index in [1.807, 2.05) is 0 Å². The van der Waals surface area contributed by atoms with E-state index in [0.717, 1.165) is 4.90 Å². The average molecular weight is 1240 g/mol. The van der Waals surface area contributed by atoms with Crippen molar-refractivity contribution in [2.45, 2.75) is 146 Å². The maximum Gasteiger partial charge on any atom is 0.509 e. The maximum absolute atomic E-state index is 14.3. The number of aromatic hydroxyl groups is 2. The predicted molar refractivity (Wildman–Crippen MR) is 308 cm³/mol. The Balaban J connectivity index is 0.827. The third-order valence-corrected chi connectivity index (χ3v) is 16.7. The van der Waals surface area contributed by atoms with Gasteiger partial charge in [0.25, 0.3) is 11.8 Å². The smallest absolute Gasteiger partial charge is 0.507 e. The molecule has 9 rings (SSSR count). The Kier molecular flexibility index (Phi) is 20.5. The summed E-state index contributed by atoms with van der Waals surface area (Å²) in [5, 5.41) is 47.2. The molecule has 2 aliphatic carbocycles.